The van der Waals surface area contributed by atoms with Crippen LogP contribution in [0.3, 0.4) is 0 Å². The van der Waals surface area contributed by atoms with Crippen molar-refractivity contribution in [2.45, 2.75) is 25.2 Å². The van der Waals surface area contributed by atoms with Gasteiger partial charge in [-0.1, -0.05) is 29.8 Å². The smallest absolute Gasteiger partial charge is 0.324 e. The number of hydrogen-bond acceptors (Lipinski definition) is 2. The molecule has 0 bridgehead atoms. The lowest BCUT2D eigenvalue weighted by Crippen LogP contribution is -2.44. The number of aromatic nitrogens is 1. The van der Waals surface area contributed by atoms with Gasteiger partial charge in [0.1, 0.15) is 0 Å². The Bertz CT molecular complexity index is 764. The normalized spacial score (nSPS) is 20.1. The van der Waals surface area contributed by atoms with Gasteiger partial charge in [-0.05, 0) is 42.5 Å². The molecule has 0 radical (unpaired) electrons. The Morgan fingerprint density at radius 1 is 1.21 bits per heavy atom. The first-order valence-corrected chi connectivity index (χ1v) is 8.85. The van der Waals surface area contributed by atoms with Gasteiger partial charge >= 0.3 is 6.03 Å². The van der Waals surface area contributed by atoms with E-state index in [2.05, 4.69) is 17.1 Å². The summed E-state index contributed by atoms with van der Waals surface area (Å²) in [7, 11) is 0. The van der Waals surface area contributed by atoms with Gasteiger partial charge < -0.3 is 4.90 Å². The molecule has 1 unspecified atom stereocenters. The highest BCUT2D eigenvalue weighted by molar-refractivity contribution is 6.30. The van der Waals surface area contributed by atoms with E-state index in [-0.39, 0.29) is 6.03 Å². The molecule has 0 N–H and O–H groups in total. The molecule has 1 atom stereocenters. The minimum absolute atomic E-state index is 0.125. The number of pyridine rings is 1. The zero-order valence-electron chi connectivity index (χ0n) is 13.5. The van der Waals surface area contributed by atoms with Gasteiger partial charge in [-0.25, -0.2) is 4.79 Å². The maximum atomic E-state index is 13.0. The summed E-state index contributed by atoms with van der Waals surface area (Å²) in [6.07, 6.45) is 6.55. The monoisotopic (exact) mass is 341 g/mol. The first kappa shape index (κ1) is 15.5. The van der Waals surface area contributed by atoms with Crippen LogP contribution in [0.2, 0.25) is 5.02 Å². The molecular formula is C19H20ClN3O. The molecule has 1 aromatic heterocycles. The van der Waals surface area contributed by atoms with Crippen LogP contribution < -0.4 is 4.90 Å². The number of carbonyl (C=O) groups is 1. The molecule has 2 aliphatic rings. The van der Waals surface area contributed by atoms with Crippen molar-refractivity contribution >= 4 is 23.3 Å². The lowest BCUT2D eigenvalue weighted by atomic mass is 10.0. The number of benzene rings is 1. The molecule has 1 saturated heterocycles. The molecule has 0 aliphatic carbocycles. The third kappa shape index (κ3) is 2.86. The molecule has 4 nitrogen and oxygen atoms in total. The number of amides is 2. The minimum Gasteiger partial charge on any atom is -0.324 e. The molecule has 5 heteroatoms. The highest BCUT2D eigenvalue weighted by Gasteiger charge is 2.32. The third-order valence-electron chi connectivity index (χ3n) is 5.00. The van der Waals surface area contributed by atoms with E-state index < -0.39 is 0 Å². The van der Waals surface area contributed by atoms with E-state index in [1.54, 1.807) is 6.20 Å². The molecule has 2 aliphatic heterocycles. The summed E-state index contributed by atoms with van der Waals surface area (Å²) >= 11 is 6.05. The van der Waals surface area contributed by atoms with Crippen molar-refractivity contribution in [1.82, 2.24) is 9.88 Å². The standard InChI is InChI=1S/C19H20ClN3O/c20-17-10-16(11-21-12-17)15-7-9-22(13-15)19(24)23-8-3-5-14-4-1-2-6-18(14)23/h1-2,4,6,10-12,15H,3,5,7-9,13H2. The molecule has 2 amide bonds. The number of halogens is 1. The van der Waals surface area contributed by atoms with Crippen molar-refractivity contribution in [2.24, 2.45) is 0 Å². The molecule has 2 aromatic rings. The molecular weight excluding hydrogens is 322 g/mol. The van der Waals surface area contributed by atoms with Crippen LogP contribution >= 0.6 is 11.6 Å². The molecule has 3 heterocycles. The molecule has 0 saturated carbocycles. The van der Waals surface area contributed by atoms with Crippen LogP contribution in [0.15, 0.2) is 42.7 Å². The van der Waals surface area contributed by atoms with E-state index in [0.29, 0.717) is 10.9 Å². The number of fused-ring (bicyclic) bond motifs is 1. The van der Waals surface area contributed by atoms with Crippen LogP contribution in [-0.2, 0) is 6.42 Å². The summed E-state index contributed by atoms with van der Waals surface area (Å²) in [6, 6.07) is 10.3. The Morgan fingerprint density at radius 2 is 2.08 bits per heavy atom. The van der Waals surface area contributed by atoms with Crippen LogP contribution in [0, 0.1) is 0 Å². The van der Waals surface area contributed by atoms with Crippen LogP contribution in [0.1, 0.15) is 29.9 Å². The molecule has 4 rings (SSSR count). The van der Waals surface area contributed by atoms with E-state index in [9.17, 15) is 4.79 Å². The first-order valence-electron chi connectivity index (χ1n) is 8.47. The number of hydrogen-bond donors (Lipinski definition) is 0. The van der Waals surface area contributed by atoms with Crippen LogP contribution in [0.25, 0.3) is 0 Å². The van der Waals surface area contributed by atoms with E-state index >= 15 is 0 Å². The van der Waals surface area contributed by atoms with Crippen molar-refractivity contribution in [3.63, 3.8) is 0 Å². The fourth-order valence-corrected chi connectivity index (χ4v) is 3.94. The van der Waals surface area contributed by atoms with Crippen LogP contribution in [0.4, 0.5) is 10.5 Å². The van der Waals surface area contributed by atoms with Crippen molar-refractivity contribution in [2.75, 3.05) is 24.5 Å². The lowest BCUT2D eigenvalue weighted by molar-refractivity contribution is 0.214. The zero-order valence-corrected chi connectivity index (χ0v) is 14.2. The van der Waals surface area contributed by atoms with E-state index in [4.69, 9.17) is 11.6 Å². The molecule has 24 heavy (non-hydrogen) atoms. The predicted octanol–water partition coefficient (Wildman–Crippen LogP) is 4.10. The Balaban J connectivity index is 1.51. The predicted molar refractivity (Wildman–Crippen MR) is 95.7 cm³/mol. The Kier molecular flexibility index (Phi) is 4.15. The van der Waals surface area contributed by atoms with Gasteiger partial charge in [-0.2, -0.15) is 0 Å². The summed E-state index contributed by atoms with van der Waals surface area (Å²) < 4.78 is 0. The molecule has 124 valence electrons. The van der Waals surface area contributed by atoms with Crippen LogP contribution in [0.5, 0.6) is 0 Å². The second-order valence-electron chi connectivity index (χ2n) is 6.53. The number of nitrogens with zero attached hydrogens (tertiary/aromatic N) is 3. The van der Waals surface area contributed by atoms with Crippen LogP contribution in [-0.4, -0.2) is 35.5 Å². The zero-order chi connectivity index (χ0) is 16.5. The minimum atomic E-state index is 0.125. The SMILES string of the molecule is O=C(N1CCC(c2cncc(Cl)c2)C1)N1CCCc2ccccc21. The third-order valence-corrected chi connectivity index (χ3v) is 5.20. The van der Waals surface area contributed by atoms with Crippen molar-refractivity contribution in [1.29, 1.82) is 0 Å². The lowest BCUT2D eigenvalue weighted by Gasteiger charge is -2.32. The summed E-state index contributed by atoms with van der Waals surface area (Å²) in [5.41, 5.74) is 3.46. The summed E-state index contributed by atoms with van der Waals surface area (Å²) in [4.78, 5) is 21.1. The van der Waals surface area contributed by atoms with Gasteiger partial charge in [0.15, 0.2) is 0 Å². The van der Waals surface area contributed by atoms with Gasteiger partial charge in [0.25, 0.3) is 0 Å². The molecule has 1 aromatic carbocycles. The second-order valence-corrected chi connectivity index (χ2v) is 6.97. The Hall–Kier alpha value is -2.07. The average Bonchev–Trinajstić information content (AvgIpc) is 3.11. The van der Waals surface area contributed by atoms with Gasteiger partial charge in [-0.15, -0.1) is 0 Å². The summed E-state index contributed by atoms with van der Waals surface area (Å²) in [6.45, 7) is 2.32. The summed E-state index contributed by atoms with van der Waals surface area (Å²) in [5, 5.41) is 0.655. The summed E-state index contributed by atoms with van der Waals surface area (Å²) in [5.74, 6) is 0.320. The van der Waals surface area contributed by atoms with E-state index in [1.807, 2.05) is 34.2 Å². The number of aryl methyl sites for hydroxylation is 1. The van der Waals surface area contributed by atoms with E-state index in [0.717, 1.165) is 50.1 Å². The Labute approximate surface area is 147 Å². The van der Waals surface area contributed by atoms with Gasteiger partial charge in [0, 0.05) is 43.6 Å². The maximum Gasteiger partial charge on any atom is 0.324 e. The van der Waals surface area contributed by atoms with E-state index in [1.165, 1.54) is 5.56 Å². The highest BCUT2D eigenvalue weighted by atomic mass is 35.5. The fourth-order valence-electron chi connectivity index (χ4n) is 3.76. The number of carbonyl (C=O) groups excluding carboxylic acids is 1. The number of urea groups is 1. The fraction of sp³-hybridized carbons (Fsp3) is 0.368. The second kappa shape index (κ2) is 6.44. The number of likely N-dealkylation sites (tertiary alicyclic amines) is 1. The molecule has 0 spiro atoms. The highest BCUT2D eigenvalue weighted by Crippen LogP contribution is 2.32. The number of para-hydroxylation sites is 1. The van der Waals surface area contributed by atoms with Crippen molar-refractivity contribution in [3.8, 4) is 0 Å². The number of rotatable bonds is 1. The van der Waals surface area contributed by atoms with Gasteiger partial charge in [0.05, 0.1) is 5.02 Å². The van der Waals surface area contributed by atoms with Crippen molar-refractivity contribution in [3.05, 3.63) is 58.9 Å². The molecule has 1 fully saturated rings. The Morgan fingerprint density at radius 3 is 2.96 bits per heavy atom. The quantitative estimate of drug-likeness (QED) is 0.783. The number of anilines is 1. The largest absolute Gasteiger partial charge is 0.324 e. The maximum absolute atomic E-state index is 13.0. The van der Waals surface area contributed by atoms with Gasteiger partial charge in [0.2, 0.25) is 0 Å². The topological polar surface area (TPSA) is 36.4 Å². The van der Waals surface area contributed by atoms with Gasteiger partial charge in [-0.3, -0.25) is 9.88 Å². The first-order chi connectivity index (χ1) is 11.7. The van der Waals surface area contributed by atoms with Crippen molar-refractivity contribution < 1.29 is 4.79 Å². The average molecular weight is 342 g/mol.